The van der Waals surface area contributed by atoms with Gasteiger partial charge in [-0.2, -0.15) is 5.10 Å². The van der Waals surface area contributed by atoms with E-state index >= 15 is 0 Å². The highest BCUT2D eigenvalue weighted by Gasteiger charge is 2.15. The minimum absolute atomic E-state index is 0.530. The monoisotopic (exact) mass is 293 g/mol. The van der Waals surface area contributed by atoms with E-state index < -0.39 is 12.0 Å². The Labute approximate surface area is 127 Å². The van der Waals surface area contributed by atoms with E-state index in [0.717, 1.165) is 16.5 Å². The van der Waals surface area contributed by atoms with Gasteiger partial charge in [-0.25, -0.2) is 5.43 Å². The van der Waals surface area contributed by atoms with E-state index in [2.05, 4.69) is 15.5 Å². The van der Waals surface area contributed by atoms with E-state index in [1.165, 1.54) is 0 Å². The molecule has 0 aliphatic heterocycles. The molecule has 0 spiro atoms. The number of carbonyl (C=O) groups excluding carboxylic acids is 1. The Morgan fingerprint density at radius 2 is 1.86 bits per heavy atom. The number of hydrogen-bond donors (Lipinski definition) is 3. The second-order valence-corrected chi connectivity index (χ2v) is 4.84. The predicted octanol–water partition coefficient (Wildman–Crippen LogP) is 2.35. The topological polar surface area (TPSA) is 77.5 Å². The van der Waals surface area contributed by atoms with Crippen LogP contribution < -0.4 is 5.43 Å². The van der Waals surface area contributed by atoms with Crippen LogP contribution in [0, 0.1) is 0 Å². The summed E-state index contributed by atoms with van der Waals surface area (Å²) in [6.45, 7) is 0. The molecule has 0 saturated heterocycles. The van der Waals surface area contributed by atoms with E-state index in [-0.39, 0.29) is 0 Å². The van der Waals surface area contributed by atoms with Crippen LogP contribution in [-0.4, -0.2) is 22.2 Å². The number of rotatable bonds is 4. The van der Waals surface area contributed by atoms with Crippen molar-refractivity contribution in [2.75, 3.05) is 0 Å². The van der Waals surface area contributed by atoms with Crippen molar-refractivity contribution in [1.82, 2.24) is 10.4 Å². The molecule has 1 heterocycles. The van der Waals surface area contributed by atoms with Crippen LogP contribution in [0.1, 0.15) is 17.2 Å². The van der Waals surface area contributed by atoms with Crippen molar-refractivity contribution >= 4 is 23.0 Å². The number of hydrazone groups is 1. The van der Waals surface area contributed by atoms with Gasteiger partial charge in [-0.3, -0.25) is 4.79 Å². The quantitative estimate of drug-likeness (QED) is 0.510. The SMILES string of the molecule is O=C(N/N=C\c1c[nH]c2ccccc12)[C@H](O)c1ccccc1. The Morgan fingerprint density at radius 3 is 2.68 bits per heavy atom. The number of carbonyl (C=O) groups is 1. The van der Waals surface area contributed by atoms with Gasteiger partial charge in [-0.1, -0.05) is 48.5 Å². The third-order valence-corrected chi connectivity index (χ3v) is 3.36. The van der Waals surface area contributed by atoms with Crippen LogP contribution in [0.15, 0.2) is 65.9 Å². The van der Waals surface area contributed by atoms with E-state index in [0.29, 0.717) is 5.56 Å². The summed E-state index contributed by atoms with van der Waals surface area (Å²) in [7, 11) is 0. The average Bonchev–Trinajstić information content (AvgIpc) is 2.98. The number of fused-ring (bicyclic) bond motifs is 1. The van der Waals surface area contributed by atoms with E-state index in [1.807, 2.05) is 36.5 Å². The fourth-order valence-electron chi connectivity index (χ4n) is 2.21. The first-order valence-corrected chi connectivity index (χ1v) is 6.88. The first-order chi connectivity index (χ1) is 10.8. The van der Waals surface area contributed by atoms with Gasteiger partial charge in [0.15, 0.2) is 6.10 Å². The summed E-state index contributed by atoms with van der Waals surface area (Å²) >= 11 is 0. The number of H-pyrrole nitrogens is 1. The average molecular weight is 293 g/mol. The number of benzene rings is 2. The van der Waals surface area contributed by atoms with Crippen LogP contribution in [0.4, 0.5) is 0 Å². The van der Waals surface area contributed by atoms with Gasteiger partial charge < -0.3 is 10.1 Å². The minimum Gasteiger partial charge on any atom is -0.378 e. The molecule has 1 amide bonds. The number of amides is 1. The molecule has 3 aromatic rings. The molecule has 110 valence electrons. The van der Waals surface area contributed by atoms with Crippen LogP contribution in [-0.2, 0) is 4.79 Å². The maximum Gasteiger partial charge on any atom is 0.273 e. The minimum atomic E-state index is -1.23. The second-order valence-electron chi connectivity index (χ2n) is 4.84. The summed E-state index contributed by atoms with van der Waals surface area (Å²) < 4.78 is 0. The first-order valence-electron chi connectivity index (χ1n) is 6.88. The molecule has 5 heteroatoms. The van der Waals surface area contributed by atoms with Gasteiger partial charge >= 0.3 is 0 Å². The summed E-state index contributed by atoms with van der Waals surface area (Å²) in [5, 5.41) is 14.8. The second kappa shape index (κ2) is 6.24. The highest BCUT2D eigenvalue weighted by atomic mass is 16.3. The van der Waals surface area contributed by atoms with Crippen LogP contribution >= 0.6 is 0 Å². The van der Waals surface area contributed by atoms with Gasteiger partial charge in [0.1, 0.15) is 0 Å². The molecule has 22 heavy (non-hydrogen) atoms. The molecule has 1 aromatic heterocycles. The fourth-order valence-corrected chi connectivity index (χ4v) is 2.21. The number of aromatic amines is 1. The summed E-state index contributed by atoms with van der Waals surface area (Å²) in [5.74, 6) is -0.567. The number of aromatic nitrogens is 1. The smallest absolute Gasteiger partial charge is 0.273 e. The third kappa shape index (κ3) is 2.89. The number of nitrogens with zero attached hydrogens (tertiary/aromatic N) is 1. The molecule has 0 saturated carbocycles. The van der Waals surface area contributed by atoms with Gasteiger partial charge in [0.2, 0.25) is 0 Å². The number of aliphatic hydroxyl groups is 1. The largest absolute Gasteiger partial charge is 0.378 e. The van der Waals surface area contributed by atoms with Gasteiger partial charge in [0, 0.05) is 22.7 Å². The lowest BCUT2D eigenvalue weighted by atomic mass is 10.1. The normalized spacial score (nSPS) is 12.6. The van der Waals surface area contributed by atoms with Crippen molar-refractivity contribution in [3.8, 4) is 0 Å². The highest BCUT2D eigenvalue weighted by Crippen LogP contribution is 2.15. The number of aliphatic hydroxyl groups excluding tert-OH is 1. The lowest BCUT2D eigenvalue weighted by Gasteiger charge is -2.08. The maximum atomic E-state index is 11.9. The standard InChI is InChI=1S/C17H15N3O2/c21-16(12-6-2-1-3-7-12)17(22)20-19-11-13-10-18-15-9-5-4-8-14(13)15/h1-11,16,18,21H,(H,20,22)/b19-11-/t16-/m1/s1. The summed E-state index contributed by atoms with van der Waals surface area (Å²) in [6, 6.07) is 16.5. The molecule has 0 bridgehead atoms. The molecule has 3 rings (SSSR count). The zero-order valence-corrected chi connectivity index (χ0v) is 11.7. The van der Waals surface area contributed by atoms with Crippen molar-refractivity contribution in [2.45, 2.75) is 6.10 Å². The lowest BCUT2D eigenvalue weighted by Crippen LogP contribution is -2.25. The van der Waals surface area contributed by atoms with Crippen molar-refractivity contribution in [1.29, 1.82) is 0 Å². The van der Waals surface area contributed by atoms with Crippen molar-refractivity contribution < 1.29 is 9.90 Å². The van der Waals surface area contributed by atoms with Crippen LogP contribution in [0.3, 0.4) is 0 Å². The molecular weight excluding hydrogens is 278 g/mol. The molecule has 5 nitrogen and oxygen atoms in total. The van der Waals surface area contributed by atoms with Crippen LogP contribution in [0.25, 0.3) is 10.9 Å². The zero-order chi connectivity index (χ0) is 15.4. The number of nitrogens with one attached hydrogen (secondary N) is 2. The Bertz CT molecular complexity index is 809. The van der Waals surface area contributed by atoms with Crippen LogP contribution in [0.2, 0.25) is 0 Å². The molecule has 2 aromatic carbocycles. The Kier molecular flexibility index (Phi) is 3.98. The van der Waals surface area contributed by atoms with Gasteiger partial charge in [0.25, 0.3) is 5.91 Å². The Morgan fingerprint density at radius 1 is 1.14 bits per heavy atom. The van der Waals surface area contributed by atoms with E-state index in [1.54, 1.807) is 30.5 Å². The number of para-hydroxylation sites is 1. The molecule has 0 fully saturated rings. The van der Waals surface area contributed by atoms with Crippen molar-refractivity contribution in [2.24, 2.45) is 5.10 Å². The molecule has 0 aliphatic rings. The fraction of sp³-hybridized carbons (Fsp3) is 0.0588. The van der Waals surface area contributed by atoms with Crippen LogP contribution in [0.5, 0.6) is 0 Å². The van der Waals surface area contributed by atoms with Gasteiger partial charge in [0.05, 0.1) is 6.21 Å². The molecule has 0 radical (unpaired) electrons. The lowest BCUT2D eigenvalue weighted by molar-refractivity contribution is -0.129. The Balaban J connectivity index is 1.68. The van der Waals surface area contributed by atoms with E-state index in [9.17, 15) is 9.90 Å². The van der Waals surface area contributed by atoms with Crippen molar-refractivity contribution in [3.63, 3.8) is 0 Å². The molecule has 0 unspecified atom stereocenters. The van der Waals surface area contributed by atoms with Gasteiger partial charge in [-0.05, 0) is 11.6 Å². The van der Waals surface area contributed by atoms with Crippen molar-refractivity contribution in [3.05, 3.63) is 71.9 Å². The van der Waals surface area contributed by atoms with E-state index in [4.69, 9.17) is 0 Å². The maximum absolute atomic E-state index is 11.9. The molecule has 0 aliphatic carbocycles. The third-order valence-electron chi connectivity index (χ3n) is 3.36. The number of hydrogen-bond acceptors (Lipinski definition) is 3. The molecule has 1 atom stereocenters. The predicted molar refractivity (Wildman–Crippen MR) is 85.4 cm³/mol. The summed E-state index contributed by atoms with van der Waals surface area (Å²) in [6.07, 6.45) is 2.13. The zero-order valence-electron chi connectivity index (χ0n) is 11.7. The Hall–Kier alpha value is -2.92. The molecule has 3 N–H and O–H groups in total. The summed E-state index contributed by atoms with van der Waals surface area (Å²) in [4.78, 5) is 15.0. The first kappa shape index (κ1) is 14.0. The van der Waals surface area contributed by atoms with Gasteiger partial charge in [-0.15, -0.1) is 0 Å². The summed E-state index contributed by atoms with van der Waals surface area (Å²) in [5.41, 5.74) is 4.75. The highest BCUT2D eigenvalue weighted by molar-refractivity contribution is 5.99. The molecular formula is C17H15N3O2.